The number of aromatic nitrogens is 1. The van der Waals surface area contributed by atoms with Crippen molar-refractivity contribution in [3.05, 3.63) is 46.1 Å². The highest BCUT2D eigenvalue weighted by atomic mass is 32.1. The minimum absolute atomic E-state index is 0.194. The van der Waals surface area contributed by atoms with E-state index in [0.717, 1.165) is 31.2 Å². The van der Waals surface area contributed by atoms with Gasteiger partial charge in [0.2, 0.25) is 0 Å². The predicted octanol–water partition coefficient (Wildman–Crippen LogP) is 3.84. The molecule has 2 heterocycles. The lowest BCUT2D eigenvalue weighted by molar-refractivity contribution is 0.0378. The lowest BCUT2D eigenvalue weighted by Crippen LogP contribution is -2.17. The zero-order valence-corrected chi connectivity index (χ0v) is 14.6. The summed E-state index contributed by atoms with van der Waals surface area (Å²) in [5, 5.41) is 3.48. The van der Waals surface area contributed by atoms with Crippen LogP contribution in [0.1, 0.15) is 57.8 Å². The Morgan fingerprint density at radius 1 is 1.21 bits per heavy atom. The average molecular weight is 344 g/mol. The van der Waals surface area contributed by atoms with Crippen molar-refractivity contribution in [2.75, 3.05) is 5.32 Å². The van der Waals surface area contributed by atoms with Crippen molar-refractivity contribution in [3.8, 4) is 0 Å². The Bertz CT molecular complexity index is 753. The summed E-state index contributed by atoms with van der Waals surface area (Å²) in [6.07, 6.45) is 6.94. The number of ether oxygens (including phenoxy) is 1. The van der Waals surface area contributed by atoms with Gasteiger partial charge in [0.15, 0.2) is 0 Å². The number of pyridine rings is 1. The Labute approximate surface area is 145 Å². The summed E-state index contributed by atoms with van der Waals surface area (Å²) in [4.78, 5) is 30.1. The van der Waals surface area contributed by atoms with Gasteiger partial charge in [-0.15, -0.1) is 11.3 Å². The van der Waals surface area contributed by atoms with E-state index in [0.29, 0.717) is 16.1 Å². The zero-order valence-electron chi connectivity index (χ0n) is 13.8. The molecule has 0 saturated heterocycles. The summed E-state index contributed by atoms with van der Waals surface area (Å²) in [5.74, 6) is -0.593. The number of rotatable bonds is 4. The molecule has 0 radical (unpaired) electrons. The van der Waals surface area contributed by atoms with Crippen LogP contribution in [0, 0.1) is 0 Å². The van der Waals surface area contributed by atoms with Crippen molar-refractivity contribution in [2.24, 2.45) is 0 Å². The van der Waals surface area contributed by atoms with Crippen LogP contribution in [0.15, 0.2) is 24.5 Å². The summed E-state index contributed by atoms with van der Waals surface area (Å²) < 4.78 is 5.40. The van der Waals surface area contributed by atoms with E-state index in [1.54, 1.807) is 24.5 Å². The molecular formula is C18H20N2O3S. The molecule has 0 bridgehead atoms. The Balaban J connectivity index is 1.93. The molecule has 0 saturated carbocycles. The number of fused-ring (bicyclic) bond motifs is 1. The fourth-order valence-electron chi connectivity index (χ4n) is 2.82. The van der Waals surface area contributed by atoms with Crippen LogP contribution in [-0.2, 0) is 17.6 Å². The maximum absolute atomic E-state index is 12.6. The standard InChI is InChI=1S/C18H20N2O3S/c1-11(2)23-18(22)15-13-5-3-4-6-14(13)24-17(15)20-16(21)12-7-9-19-10-8-12/h7-11H,3-6H2,1-2H3,(H,20,21). The second-order valence-corrected chi connectivity index (χ2v) is 7.16. The van der Waals surface area contributed by atoms with E-state index in [2.05, 4.69) is 10.3 Å². The van der Waals surface area contributed by atoms with Gasteiger partial charge in [0.05, 0.1) is 11.7 Å². The largest absolute Gasteiger partial charge is 0.459 e. The first-order valence-corrected chi connectivity index (χ1v) is 8.95. The number of nitrogens with zero attached hydrogens (tertiary/aromatic N) is 1. The molecule has 0 fully saturated rings. The normalized spacial score (nSPS) is 13.5. The lowest BCUT2D eigenvalue weighted by Gasteiger charge is -2.14. The molecule has 0 aliphatic heterocycles. The van der Waals surface area contributed by atoms with E-state index >= 15 is 0 Å². The van der Waals surface area contributed by atoms with Crippen molar-refractivity contribution in [1.82, 2.24) is 4.98 Å². The van der Waals surface area contributed by atoms with Crippen LogP contribution in [-0.4, -0.2) is 23.0 Å². The Morgan fingerprint density at radius 2 is 1.92 bits per heavy atom. The Kier molecular flexibility index (Phi) is 4.94. The lowest BCUT2D eigenvalue weighted by atomic mass is 9.95. The number of anilines is 1. The molecule has 1 N–H and O–H groups in total. The minimum atomic E-state index is -0.352. The van der Waals surface area contributed by atoms with E-state index in [1.165, 1.54) is 16.2 Å². The van der Waals surface area contributed by atoms with Crippen molar-refractivity contribution in [3.63, 3.8) is 0 Å². The highest BCUT2D eigenvalue weighted by molar-refractivity contribution is 7.17. The van der Waals surface area contributed by atoms with E-state index in [-0.39, 0.29) is 18.0 Å². The van der Waals surface area contributed by atoms with Gasteiger partial charge in [0.1, 0.15) is 5.00 Å². The maximum atomic E-state index is 12.6. The van der Waals surface area contributed by atoms with Crippen LogP contribution in [0.4, 0.5) is 5.00 Å². The van der Waals surface area contributed by atoms with Gasteiger partial charge in [-0.25, -0.2) is 4.79 Å². The van der Waals surface area contributed by atoms with Crippen molar-refractivity contribution in [1.29, 1.82) is 0 Å². The Hall–Kier alpha value is -2.21. The van der Waals surface area contributed by atoms with Gasteiger partial charge in [0.25, 0.3) is 5.91 Å². The molecule has 1 aliphatic carbocycles. The molecule has 126 valence electrons. The van der Waals surface area contributed by atoms with Crippen LogP contribution in [0.25, 0.3) is 0 Å². The highest BCUT2D eigenvalue weighted by Crippen LogP contribution is 2.38. The summed E-state index contributed by atoms with van der Waals surface area (Å²) in [5.41, 5.74) is 2.09. The first-order valence-electron chi connectivity index (χ1n) is 8.13. The van der Waals surface area contributed by atoms with Gasteiger partial charge in [-0.3, -0.25) is 9.78 Å². The van der Waals surface area contributed by atoms with Crippen LogP contribution < -0.4 is 5.32 Å². The van der Waals surface area contributed by atoms with E-state index in [1.807, 2.05) is 13.8 Å². The summed E-state index contributed by atoms with van der Waals surface area (Å²) in [7, 11) is 0. The topological polar surface area (TPSA) is 68.3 Å². The number of hydrogen-bond acceptors (Lipinski definition) is 5. The van der Waals surface area contributed by atoms with E-state index in [4.69, 9.17) is 4.74 Å². The van der Waals surface area contributed by atoms with Crippen molar-refractivity contribution in [2.45, 2.75) is 45.6 Å². The maximum Gasteiger partial charge on any atom is 0.341 e. The molecule has 2 aromatic rings. The predicted molar refractivity (Wildman–Crippen MR) is 93.7 cm³/mol. The number of hydrogen-bond donors (Lipinski definition) is 1. The van der Waals surface area contributed by atoms with Crippen LogP contribution in [0.2, 0.25) is 0 Å². The second-order valence-electron chi connectivity index (χ2n) is 6.06. The third-order valence-corrected chi connectivity index (χ3v) is 5.09. The number of aryl methyl sites for hydroxylation is 1. The van der Waals surface area contributed by atoms with Crippen LogP contribution in [0.5, 0.6) is 0 Å². The van der Waals surface area contributed by atoms with Crippen molar-refractivity contribution < 1.29 is 14.3 Å². The fourth-order valence-corrected chi connectivity index (χ4v) is 4.09. The summed E-state index contributed by atoms with van der Waals surface area (Å²) in [6, 6.07) is 3.30. The molecule has 0 spiro atoms. The smallest absolute Gasteiger partial charge is 0.341 e. The molecule has 0 unspecified atom stereocenters. The molecule has 3 rings (SSSR count). The van der Waals surface area contributed by atoms with Gasteiger partial charge < -0.3 is 10.1 Å². The molecule has 0 aromatic carbocycles. The molecule has 2 aromatic heterocycles. The molecule has 1 aliphatic rings. The summed E-state index contributed by atoms with van der Waals surface area (Å²) in [6.45, 7) is 3.65. The molecule has 0 atom stereocenters. The third-order valence-electron chi connectivity index (χ3n) is 3.89. The molecular weight excluding hydrogens is 324 g/mol. The van der Waals surface area contributed by atoms with Crippen LogP contribution in [0.3, 0.4) is 0 Å². The van der Waals surface area contributed by atoms with Gasteiger partial charge in [-0.1, -0.05) is 0 Å². The minimum Gasteiger partial charge on any atom is -0.459 e. The van der Waals surface area contributed by atoms with Gasteiger partial charge in [-0.2, -0.15) is 0 Å². The molecule has 24 heavy (non-hydrogen) atoms. The number of thiophene rings is 1. The SMILES string of the molecule is CC(C)OC(=O)c1c(NC(=O)c2ccncc2)sc2c1CCCC2. The number of amides is 1. The van der Waals surface area contributed by atoms with Gasteiger partial charge in [0, 0.05) is 22.8 Å². The van der Waals surface area contributed by atoms with Crippen molar-refractivity contribution >= 4 is 28.2 Å². The first-order chi connectivity index (χ1) is 11.6. The Morgan fingerprint density at radius 3 is 2.62 bits per heavy atom. The summed E-state index contributed by atoms with van der Waals surface area (Å²) >= 11 is 1.49. The fraction of sp³-hybridized carbons (Fsp3) is 0.389. The number of nitrogens with one attached hydrogen (secondary N) is 1. The zero-order chi connectivity index (χ0) is 17.1. The monoisotopic (exact) mass is 344 g/mol. The quantitative estimate of drug-likeness (QED) is 0.856. The molecule has 1 amide bonds. The van der Waals surface area contributed by atoms with Gasteiger partial charge >= 0.3 is 5.97 Å². The second kappa shape index (κ2) is 7.13. The number of carbonyl (C=O) groups excluding carboxylic acids is 2. The first kappa shape index (κ1) is 16.6. The highest BCUT2D eigenvalue weighted by Gasteiger charge is 2.28. The number of carbonyl (C=O) groups is 2. The van der Waals surface area contributed by atoms with Crippen LogP contribution >= 0.6 is 11.3 Å². The third kappa shape index (κ3) is 3.48. The average Bonchev–Trinajstić information content (AvgIpc) is 2.92. The molecule has 5 nitrogen and oxygen atoms in total. The number of esters is 1. The van der Waals surface area contributed by atoms with Gasteiger partial charge in [-0.05, 0) is 57.2 Å². The van der Waals surface area contributed by atoms with E-state index in [9.17, 15) is 9.59 Å². The van der Waals surface area contributed by atoms with E-state index < -0.39 is 0 Å². The molecule has 6 heteroatoms.